The van der Waals surface area contributed by atoms with Crippen molar-refractivity contribution in [2.75, 3.05) is 6.79 Å². The number of carboxylic acids is 1. The molecule has 6 nitrogen and oxygen atoms in total. The summed E-state index contributed by atoms with van der Waals surface area (Å²) >= 11 is 0. The van der Waals surface area contributed by atoms with Crippen molar-refractivity contribution in [2.45, 2.75) is 6.61 Å². The van der Waals surface area contributed by atoms with Gasteiger partial charge in [0.2, 0.25) is 6.79 Å². The summed E-state index contributed by atoms with van der Waals surface area (Å²) in [5, 5.41) is 9.49. The predicted molar refractivity (Wildman–Crippen MR) is 96.8 cm³/mol. The van der Waals surface area contributed by atoms with Crippen molar-refractivity contribution in [2.24, 2.45) is 0 Å². The minimum absolute atomic E-state index is 0.0166. The van der Waals surface area contributed by atoms with Gasteiger partial charge in [-0.3, -0.25) is 0 Å². The molecule has 0 atom stereocenters. The van der Waals surface area contributed by atoms with Gasteiger partial charge in [-0.25, -0.2) is 4.79 Å². The van der Waals surface area contributed by atoms with Crippen LogP contribution in [0.1, 0.15) is 15.9 Å². The standard InChI is InChI=1S/C21H16O6/c22-21(23)15-10-19-20(26-13-25-19)11-18(15)27-17-9-5-4-8-16(17)24-12-14-6-2-1-3-7-14/h1-11H,12-13H2,(H,22,23). The highest BCUT2D eigenvalue weighted by molar-refractivity contribution is 5.92. The third kappa shape index (κ3) is 3.64. The summed E-state index contributed by atoms with van der Waals surface area (Å²) in [5.41, 5.74) is 0.999. The predicted octanol–water partition coefficient (Wildman–Crippen LogP) is 4.48. The summed E-state index contributed by atoms with van der Waals surface area (Å²) in [4.78, 5) is 11.6. The lowest BCUT2D eigenvalue weighted by molar-refractivity contribution is 0.0693. The number of benzene rings is 3. The van der Waals surface area contributed by atoms with Crippen molar-refractivity contribution in [3.8, 4) is 28.7 Å². The van der Waals surface area contributed by atoms with Crippen LogP contribution in [0.5, 0.6) is 28.7 Å². The van der Waals surface area contributed by atoms with Gasteiger partial charge >= 0.3 is 5.97 Å². The maximum Gasteiger partial charge on any atom is 0.339 e. The Hall–Kier alpha value is -3.67. The zero-order valence-electron chi connectivity index (χ0n) is 14.3. The van der Waals surface area contributed by atoms with Crippen molar-refractivity contribution < 1.29 is 28.8 Å². The quantitative estimate of drug-likeness (QED) is 0.695. The first-order chi connectivity index (χ1) is 13.2. The van der Waals surface area contributed by atoms with Crippen LogP contribution in [0.4, 0.5) is 0 Å². The molecule has 1 aliphatic heterocycles. The molecule has 3 aromatic rings. The first-order valence-electron chi connectivity index (χ1n) is 8.31. The van der Waals surface area contributed by atoms with Crippen LogP contribution >= 0.6 is 0 Å². The molecule has 3 aromatic carbocycles. The van der Waals surface area contributed by atoms with Crippen LogP contribution in [0.2, 0.25) is 0 Å². The summed E-state index contributed by atoms with van der Waals surface area (Å²) in [5.74, 6) is 0.782. The number of hydrogen-bond acceptors (Lipinski definition) is 5. The molecule has 0 spiro atoms. The average molecular weight is 364 g/mol. The van der Waals surface area contributed by atoms with Crippen molar-refractivity contribution >= 4 is 5.97 Å². The molecule has 0 radical (unpaired) electrons. The molecule has 0 unspecified atom stereocenters. The van der Waals surface area contributed by atoms with E-state index in [-0.39, 0.29) is 18.1 Å². The van der Waals surface area contributed by atoms with Gasteiger partial charge in [-0.2, -0.15) is 0 Å². The minimum atomic E-state index is -1.12. The number of carbonyl (C=O) groups is 1. The second-order valence-electron chi connectivity index (χ2n) is 5.83. The van der Waals surface area contributed by atoms with Gasteiger partial charge in [-0.1, -0.05) is 42.5 Å². The Morgan fingerprint density at radius 3 is 2.30 bits per heavy atom. The maximum absolute atomic E-state index is 11.6. The third-order valence-electron chi connectivity index (χ3n) is 4.01. The lowest BCUT2D eigenvalue weighted by Crippen LogP contribution is -2.02. The summed E-state index contributed by atoms with van der Waals surface area (Å²) in [7, 11) is 0. The van der Waals surface area contributed by atoms with E-state index in [2.05, 4.69) is 0 Å². The normalized spacial score (nSPS) is 11.9. The Bertz CT molecular complexity index is 968. The molecule has 0 aliphatic carbocycles. The molecule has 0 aromatic heterocycles. The molecule has 1 N–H and O–H groups in total. The fraction of sp³-hybridized carbons (Fsp3) is 0.0952. The highest BCUT2D eigenvalue weighted by Crippen LogP contribution is 2.41. The molecular weight excluding hydrogens is 348 g/mol. The van der Waals surface area contributed by atoms with E-state index in [4.69, 9.17) is 18.9 Å². The van der Waals surface area contributed by atoms with Gasteiger partial charge in [0.05, 0.1) is 0 Å². The summed E-state index contributed by atoms with van der Waals surface area (Å²) in [6, 6.07) is 19.7. The van der Waals surface area contributed by atoms with E-state index in [0.717, 1.165) is 5.56 Å². The number of ether oxygens (including phenoxy) is 4. The van der Waals surface area contributed by atoms with Crippen molar-refractivity contribution in [3.63, 3.8) is 0 Å². The van der Waals surface area contributed by atoms with Crippen molar-refractivity contribution in [1.29, 1.82) is 0 Å². The molecule has 0 saturated heterocycles. The van der Waals surface area contributed by atoms with Crippen LogP contribution in [0.3, 0.4) is 0 Å². The molecule has 136 valence electrons. The van der Waals surface area contributed by atoms with Gasteiger partial charge in [0, 0.05) is 12.1 Å². The number of hydrogen-bond donors (Lipinski definition) is 1. The van der Waals surface area contributed by atoms with E-state index in [1.165, 1.54) is 12.1 Å². The first kappa shape index (κ1) is 16.8. The molecule has 27 heavy (non-hydrogen) atoms. The van der Waals surface area contributed by atoms with Crippen LogP contribution in [-0.2, 0) is 6.61 Å². The number of aromatic carboxylic acids is 1. The molecular formula is C21H16O6. The topological polar surface area (TPSA) is 74.2 Å². The van der Waals surface area contributed by atoms with E-state index in [1.54, 1.807) is 18.2 Å². The minimum Gasteiger partial charge on any atom is -0.485 e. The highest BCUT2D eigenvalue weighted by Gasteiger charge is 2.22. The Morgan fingerprint density at radius 1 is 0.889 bits per heavy atom. The van der Waals surface area contributed by atoms with E-state index in [1.807, 2.05) is 36.4 Å². The zero-order chi connectivity index (χ0) is 18.6. The highest BCUT2D eigenvalue weighted by atomic mass is 16.7. The molecule has 0 saturated carbocycles. The lowest BCUT2D eigenvalue weighted by Gasteiger charge is -2.14. The fourth-order valence-electron chi connectivity index (χ4n) is 2.68. The Morgan fingerprint density at radius 2 is 1.56 bits per heavy atom. The van der Waals surface area contributed by atoms with E-state index in [9.17, 15) is 9.90 Å². The van der Waals surface area contributed by atoms with Gasteiger partial charge in [-0.15, -0.1) is 0 Å². The Kier molecular flexibility index (Phi) is 4.53. The molecule has 1 aliphatic rings. The zero-order valence-corrected chi connectivity index (χ0v) is 14.3. The number of rotatable bonds is 6. The fourth-order valence-corrected chi connectivity index (χ4v) is 2.68. The van der Waals surface area contributed by atoms with Crippen LogP contribution in [0.15, 0.2) is 66.7 Å². The Labute approximate surface area is 155 Å². The average Bonchev–Trinajstić information content (AvgIpc) is 3.15. The van der Waals surface area contributed by atoms with Crippen molar-refractivity contribution in [3.05, 3.63) is 77.9 Å². The van der Waals surface area contributed by atoms with Crippen LogP contribution in [-0.4, -0.2) is 17.9 Å². The number of fused-ring (bicyclic) bond motifs is 1. The smallest absolute Gasteiger partial charge is 0.339 e. The van der Waals surface area contributed by atoms with Crippen LogP contribution < -0.4 is 18.9 Å². The maximum atomic E-state index is 11.6. The SMILES string of the molecule is O=C(O)c1cc2c(cc1Oc1ccccc1OCc1ccccc1)OCO2. The van der Waals surface area contributed by atoms with E-state index < -0.39 is 5.97 Å². The Balaban J connectivity index is 1.61. The molecule has 1 heterocycles. The largest absolute Gasteiger partial charge is 0.485 e. The molecule has 0 fully saturated rings. The van der Waals surface area contributed by atoms with Crippen molar-refractivity contribution in [1.82, 2.24) is 0 Å². The second-order valence-corrected chi connectivity index (χ2v) is 5.83. The van der Waals surface area contributed by atoms with Gasteiger partial charge in [0.15, 0.2) is 23.0 Å². The summed E-state index contributed by atoms with van der Waals surface area (Å²) < 4.78 is 22.3. The summed E-state index contributed by atoms with van der Waals surface area (Å²) in [6.07, 6.45) is 0. The van der Waals surface area contributed by atoms with Gasteiger partial charge in [0.1, 0.15) is 17.9 Å². The summed E-state index contributed by atoms with van der Waals surface area (Å²) in [6.45, 7) is 0.419. The molecule has 0 bridgehead atoms. The van der Waals surface area contributed by atoms with Gasteiger partial charge < -0.3 is 24.1 Å². The van der Waals surface area contributed by atoms with E-state index in [0.29, 0.717) is 29.6 Å². The van der Waals surface area contributed by atoms with Crippen LogP contribution in [0, 0.1) is 0 Å². The first-order valence-corrected chi connectivity index (χ1v) is 8.31. The van der Waals surface area contributed by atoms with Gasteiger partial charge in [-0.05, 0) is 17.7 Å². The number of para-hydroxylation sites is 2. The van der Waals surface area contributed by atoms with Gasteiger partial charge in [0.25, 0.3) is 0 Å². The molecule has 6 heteroatoms. The molecule has 0 amide bonds. The molecule has 4 rings (SSSR count). The van der Waals surface area contributed by atoms with E-state index >= 15 is 0 Å². The monoisotopic (exact) mass is 364 g/mol. The number of carboxylic acid groups (broad SMARTS) is 1. The lowest BCUT2D eigenvalue weighted by atomic mass is 10.1. The third-order valence-corrected chi connectivity index (χ3v) is 4.01. The second kappa shape index (κ2) is 7.29. The van der Waals surface area contributed by atoms with Crippen LogP contribution in [0.25, 0.3) is 0 Å².